The minimum atomic E-state index is -1.88. The highest BCUT2D eigenvalue weighted by Gasteiger charge is 2.35. The van der Waals surface area contributed by atoms with E-state index >= 15 is 0 Å². The van der Waals surface area contributed by atoms with Crippen LogP contribution in [0.15, 0.2) is 0 Å². The fourth-order valence-corrected chi connectivity index (χ4v) is 3.16. The fraction of sp³-hybridized carbons (Fsp3) is 0.429. The molecule has 2 aromatic rings. The van der Waals surface area contributed by atoms with Gasteiger partial charge in [-0.25, -0.2) is 35.1 Å². The van der Waals surface area contributed by atoms with Gasteiger partial charge in [-0.2, -0.15) is 0 Å². The van der Waals surface area contributed by atoms with E-state index in [1.165, 1.54) is 41.5 Å². The number of rotatable bonds is 2. The molecule has 0 saturated carbocycles. The van der Waals surface area contributed by atoms with Crippen LogP contribution in [-0.4, -0.2) is 0 Å². The molecule has 0 bridgehead atoms. The Labute approximate surface area is 163 Å². The Bertz CT molecular complexity index is 841. The molecule has 29 heavy (non-hydrogen) atoms. The van der Waals surface area contributed by atoms with E-state index in [-0.39, 0.29) is 0 Å². The highest BCUT2D eigenvalue weighted by atomic mass is 19.2. The molecule has 0 aromatic heterocycles. The Hall–Kier alpha value is -2.12. The van der Waals surface area contributed by atoms with Crippen molar-refractivity contribution in [3.05, 3.63) is 68.8 Å². The van der Waals surface area contributed by atoms with Gasteiger partial charge in [0, 0.05) is 28.7 Å². The first-order chi connectivity index (χ1) is 13.0. The molecule has 0 nitrogen and oxygen atoms in total. The minimum absolute atomic E-state index is 0.891. The molecule has 0 atom stereocenters. The molecule has 0 spiro atoms. The van der Waals surface area contributed by atoms with Crippen molar-refractivity contribution in [3.8, 4) is 0 Å². The van der Waals surface area contributed by atoms with Crippen LogP contribution in [0.2, 0.25) is 0 Å². The molecule has 0 N–H and O–H groups in total. The van der Waals surface area contributed by atoms with Crippen LogP contribution in [0.4, 0.5) is 35.1 Å². The molecule has 160 valence electrons. The van der Waals surface area contributed by atoms with Gasteiger partial charge in [0.1, 0.15) is 0 Å². The Balaban J connectivity index is 2.77. The zero-order valence-corrected chi connectivity index (χ0v) is 16.7. The van der Waals surface area contributed by atoms with E-state index in [1.54, 1.807) is 0 Å². The third kappa shape index (κ3) is 3.85. The molecule has 0 radical (unpaired) electrons. The smallest absolute Gasteiger partial charge is 0.165 e. The van der Waals surface area contributed by atoms with Gasteiger partial charge >= 0.3 is 0 Å². The standard InChI is InChI=1S/C21H20F8/c1-20(2,3)10-16(26)12(22)8(13(23)17(10)27)7-9-14(24)18(28)11(21(4,5)6)19(29)15(9)25/h7H2,1-6H3. The van der Waals surface area contributed by atoms with E-state index in [1.807, 2.05) is 0 Å². The van der Waals surface area contributed by atoms with Gasteiger partial charge in [-0.1, -0.05) is 41.5 Å². The predicted octanol–water partition coefficient (Wildman–Crippen LogP) is 6.99. The molecular formula is C21H20F8. The third-order valence-electron chi connectivity index (χ3n) is 4.56. The lowest BCUT2D eigenvalue weighted by Gasteiger charge is -2.24. The van der Waals surface area contributed by atoms with Crippen LogP contribution in [0.1, 0.15) is 63.8 Å². The van der Waals surface area contributed by atoms with Crippen molar-refractivity contribution in [1.82, 2.24) is 0 Å². The van der Waals surface area contributed by atoms with Crippen molar-refractivity contribution in [2.75, 3.05) is 0 Å². The first-order valence-electron chi connectivity index (χ1n) is 8.72. The summed E-state index contributed by atoms with van der Waals surface area (Å²) in [5.74, 6) is -14.5. The molecule has 2 aromatic carbocycles. The van der Waals surface area contributed by atoms with Crippen molar-refractivity contribution >= 4 is 0 Å². The van der Waals surface area contributed by atoms with Crippen LogP contribution in [0.3, 0.4) is 0 Å². The van der Waals surface area contributed by atoms with Crippen molar-refractivity contribution < 1.29 is 35.1 Å². The maximum absolute atomic E-state index is 14.4. The number of hydrogen-bond acceptors (Lipinski definition) is 0. The van der Waals surface area contributed by atoms with Crippen LogP contribution in [0, 0.1) is 46.5 Å². The maximum atomic E-state index is 14.4. The highest BCUT2D eigenvalue weighted by molar-refractivity contribution is 5.40. The van der Waals surface area contributed by atoms with Gasteiger partial charge in [-0.15, -0.1) is 0 Å². The van der Waals surface area contributed by atoms with Crippen molar-refractivity contribution in [1.29, 1.82) is 0 Å². The summed E-state index contributed by atoms with van der Waals surface area (Å²) in [7, 11) is 0. The summed E-state index contributed by atoms with van der Waals surface area (Å²) in [6.45, 7) is 7.85. The Morgan fingerprint density at radius 1 is 0.414 bits per heavy atom. The van der Waals surface area contributed by atoms with E-state index in [0.717, 1.165) is 0 Å². The molecule has 0 heterocycles. The third-order valence-corrected chi connectivity index (χ3v) is 4.56. The van der Waals surface area contributed by atoms with E-state index in [2.05, 4.69) is 0 Å². The van der Waals surface area contributed by atoms with Crippen LogP contribution >= 0.6 is 0 Å². The van der Waals surface area contributed by atoms with Crippen LogP contribution in [0.5, 0.6) is 0 Å². The first kappa shape index (κ1) is 23.2. The summed E-state index contributed by atoms with van der Waals surface area (Å²) in [4.78, 5) is 0. The summed E-state index contributed by atoms with van der Waals surface area (Å²) in [5, 5.41) is 0. The van der Waals surface area contributed by atoms with Gasteiger partial charge in [0.15, 0.2) is 46.5 Å². The number of hydrogen-bond donors (Lipinski definition) is 0. The normalized spacial score (nSPS) is 12.6. The van der Waals surface area contributed by atoms with Gasteiger partial charge in [-0.05, 0) is 10.8 Å². The second kappa shape index (κ2) is 7.29. The van der Waals surface area contributed by atoms with Gasteiger partial charge < -0.3 is 0 Å². The van der Waals surface area contributed by atoms with E-state index < -0.39 is 86.0 Å². The molecule has 0 unspecified atom stereocenters. The molecule has 0 aliphatic rings. The van der Waals surface area contributed by atoms with Crippen LogP contribution in [0.25, 0.3) is 0 Å². The molecule has 0 saturated heterocycles. The van der Waals surface area contributed by atoms with Gasteiger partial charge in [0.05, 0.1) is 0 Å². The average Bonchev–Trinajstić information content (AvgIpc) is 2.55. The lowest BCUT2D eigenvalue weighted by Crippen LogP contribution is -2.22. The largest absolute Gasteiger partial charge is 0.203 e. The molecule has 2 rings (SSSR count). The molecule has 0 amide bonds. The molecular weight excluding hydrogens is 404 g/mol. The predicted molar refractivity (Wildman–Crippen MR) is 92.8 cm³/mol. The Morgan fingerprint density at radius 3 is 0.793 bits per heavy atom. The van der Waals surface area contributed by atoms with Gasteiger partial charge in [-0.3, -0.25) is 0 Å². The fourth-order valence-electron chi connectivity index (χ4n) is 3.16. The van der Waals surface area contributed by atoms with Crippen LogP contribution < -0.4 is 0 Å². The zero-order valence-electron chi connectivity index (χ0n) is 16.7. The molecule has 0 fully saturated rings. The van der Waals surface area contributed by atoms with E-state index in [0.29, 0.717) is 0 Å². The summed E-state index contributed by atoms with van der Waals surface area (Å²) < 4.78 is 115. The van der Waals surface area contributed by atoms with Crippen molar-refractivity contribution in [2.24, 2.45) is 0 Å². The maximum Gasteiger partial charge on any atom is 0.165 e. The second-order valence-electron chi connectivity index (χ2n) is 8.90. The lowest BCUT2D eigenvalue weighted by molar-refractivity contribution is 0.386. The summed E-state index contributed by atoms with van der Waals surface area (Å²) >= 11 is 0. The van der Waals surface area contributed by atoms with Crippen molar-refractivity contribution in [2.45, 2.75) is 58.8 Å². The van der Waals surface area contributed by atoms with Crippen LogP contribution in [-0.2, 0) is 17.3 Å². The summed E-state index contributed by atoms with van der Waals surface area (Å²) in [6.07, 6.45) is -1.42. The van der Waals surface area contributed by atoms with Gasteiger partial charge in [0.2, 0.25) is 0 Å². The molecule has 8 heteroatoms. The van der Waals surface area contributed by atoms with E-state index in [4.69, 9.17) is 0 Å². The minimum Gasteiger partial charge on any atom is -0.203 e. The second-order valence-corrected chi connectivity index (χ2v) is 8.90. The Morgan fingerprint density at radius 2 is 0.621 bits per heavy atom. The first-order valence-corrected chi connectivity index (χ1v) is 8.72. The van der Waals surface area contributed by atoms with Crippen molar-refractivity contribution in [3.63, 3.8) is 0 Å². The number of halogens is 8. The molecule has 0 aliphatic carbocycles. The van der Waals surface area contributed by atoms with E-state index in [9.17, 15) is 35.1 Å². The monoisotopic (exact) mass is 424 g/mol. The molecule has 0 aliphatic heterocycles. The lowest BCUT2D eigenvalue weighted by atomic mass is 9.83. The summed E-state index contributed by atoms with van der Waals surface area (Å²) in [5.41, 5.74) is -7.16. The number of benzene rings is 2. The topological polar surface area (TPSA) is 0 Å². The highest BCUT2D eigenvalue weighted by Crippen LogP contribution is 2.37. The zero-order chi connectivity index (χ0) is 22.6. The average molecular weight is 424 g/mol. The Kier molecular flexibility index (Phi) is 5.82. The summed E-state index contributed by atoms with van der Waals surface area (Å²) in [6, 6.07) is 0. The SMILES string of the molecule is CC(C)(C)c1c(F)c(F)c(Cc2c(F)c(F)c(C(C)(C)C)c(F)c2F)c(F)c1F. The van der Waals surface area contributed by atoms with Gasteiger partial charge in [0.25, 0.3) is 0 Å². The quantitative estimate of drug-likeness (QED) is 0.360.